The van der Waals surface area contributed by atoms with Crippen molar-refractivity contribution in [2.24, 2.45) is 5.92 Å². The first-order valence-electron chi connectivity index (χ1n) is 5.85. The van der Waals surface area contributed by atoms with Gasteiger partial charge in [-0.1, -0.05) is 20.8 Å². The summed E-state index contributed by atoms with van der Waals surface area (Å²) in [5, 5.41) is 0. The van der Waals surface area contributed by atoms with Gasteiger partial charge in [-0.05, 0) is 5.92 Å². The van der Waals surface area contributed by atoms with Gasteiger partial charge < -0.3 is 0 Å². The van der Waals surface area contributed by atoms with Crippen molar-refractivity contribution in [2.45, 2.75) is 33.6 Å². The molecule has 11 radical (unpaired) electrons. The molecule has 0 atom stereocenters. The maximum absolute atomic E-state index is 10.6. The third-order valence-corrected chi connectivity index (χ3v) is 2.14. The molecule has 0 aliphatic heterocycles. The van der Waals surface area contributed by atoms with Crippen LogP contribution in [0.2, 0.25) is 0 Å². The number of hydrogen-bond donors (Lipinski definition) is 0. The summed E-state index contributed by atoms with van der Waals surface area (Å²) in [4.78, 5) is 10.6. The second kappa shape index (κ2) is 11.4. The topological polar surface area (TPSA) is 17.1 Å². The van der Waals surface area contributed by atoms with Crippen LogP contribution in [0.4, 0.5) is 0 Å². The van der Waals surface area contributed by atoms with Crippen molar-refractivity contribution < 1.29 is 4.79 Å². The van der Waals surface area contributed by atoms with Crippen LogP contribution in [0.1, 0.15) is 33.6 Å². The largest absolute Gasteiger partial charge is 0.300 e. The lowest BCUT2D eigenvalue weighted by Crippen LogP contribution is -2.55. The summed E-state index contributed by atoms with van der Waals surface area (Å²) in [6.07, 6.45) is -0.0238. The Bertz CT molecular complexity index is 188. The molecule has 0 unspecified atom stereocenters. The second-order valence-corrected chi connectivity index (χ2v) is 4.41. The van der Waals surface area contributed by atoms with E-state index >= 15 is 0 Å². The average Bonchev–Trinajstić information content (AvgIpc) is 2.17. The third-order valence-electron chi connectivity index (χ3n) is 2.14. The van der Waals surface area contributed by atoms with E-state index < -0.39 is 12.8 Å². The van der Waals surface area contributed by atoms with Crippen LogP contribution in [0, 0.1) is 5.92 Å². The first-order chi connectivity index (χ1) is 7.76. The molecule has 10 heteroatoms. The lowest BCUT2D eigenvalue weighted by Gasteiger charge is -2.17. The Morgan fingerprint density at radius 1 is 1.18 bits per heavy atom. The molecule has 0 rings (SSSR count). The summed E-state index contributed by atoms with van der Waals surface area (Å²) in [6.45, 7) is 6.03. The molecule has 0 amide bonds. The maximum Gasteiger partial charge on any atom is 0.132 e. The van der Waals surface area contributed by atoms with Crippen LogP contribution in [0.3, 0.4) is 0 Å². The predicted octanol–water partition coefficient (Wildman–Crippen LogP) is -1.42. The molecule has 0 saturated carbocycles. The van der Waals surface area contributed by atoms with E-state index in [2.05, 4.69) is 13.8 Å². The smallest absolute Gasteiger partial charge is 0.132 e. The van der Waals surface area contributed by atoms with Gasteiger partial charge in [0.05, 0.1) is 0 Å². The van der Waals surface area contributed by atoms with Crippen molar-refractivity contribution in [1.29, 1.82) is 0 Å². The fourth-order valence-corrected chi connectivity index (χ4v) is 1.11. The molecule has 0 spiro atoms. The molecule has 0 heterocycles. The SMILES string of the molecule is CCC(=O)CC(C)C.[B][B]B(B([B])[B])B([B])[B]. The van der Waals surface area contributed by atoms with Gasteiger partial charge in [-0.2, -0.15) is 0 Å². The van der Waals surface area contributed by atoms with E-state index in [1.54, 1.807) is 0 Å². The van der Waals surface area contributed by atoms with Gasteiger partial charge in [-0.3, -0.25) is 4.79 Å². The fraction of sp³-hybridized carbons (Fsp3) is 0.857. The average molecular weight is 211 g/mol. The van der Waals surface area contributed by atoms with Gasteiger partial charge in [-0.15, -0.1) is 0 Å². The molecule has 75 valence electrons. The summed E-state index contributed by atoms with van der Waals surface area (Å²) in [7, 11) is 27.5. The summed E-state index contributed by atoms with van der Waals surface area (Å²) >= 11 is 0. The Morgan fingerprint density at radius 2 is 1.59 bits per heavy atom. The highest BCUT2D eigenvalue weighted by atomic mass is 16.1. The van der Waals surface area contributed by atoms with Crippen LogP contribution in [-0.4, -0.2) is 70.7 Å². The Kier molecular flexibility index (Phi) is 13.1. The number of ketones is 1. The third kappa shape index (κ3) is 12.5. The summed E-state index contributed by atoms with van der Waals surface area (Å²) < 4.78 is 0. The van der Waals surface area contributed by atoms with Crippen molar-refractivity contribution in [3.05, 3.63) is 0 Å². The first-order valence-corrected chi connectivity index (χ1v) is 5.85. The Labute approximate surface area is 115 Å². The maximum atomic E-state index is 10.6. The van der Waals surface area contributed by atoms with Gasteiger partial charge in [0.1, 0.15) is 5.78 Å². The lowest BCUT2D eigenvalue weighted by molar-refractivity contribution is -0.119. The van der Waals surface area contributed by atoms with E-state index in [0.717, 1.165) is 6.42 Å². The van der Waals surface area contributed by atoms with Crippen LogP contribution >= 0.6 is 0 Å². The second-order valence-electron chi connectivity index (χ2n) is 4.41. The fourth-order valence-electron chi connectivity index (χ4n) is 1.11. The summed E-state index contributed by atoms with van der Waals surface area (Å²) in [5.74, 6) is 0.905. The molecule has 0 fully saturated rings. The van der Waals surface area contributed by atoms with E-state index in [1.165, 1.54) is 7.06 Å². The molecule has 0 bridgehead atoms. The minimum absolute atomic E-state index is 0.315. The molecule has 0 aromatic heterocycles. The van der Waals surface area contributed by atoms with E-state index in [0.29, 0.717) is 18.1 Å². The number of carbonyl (C=O) groups is 1. The number of rotatable bonds is 6. The van der Waals surface area contributed by atoms with Gasteiger partial charge in [0.2, 0.25) is 0 Å². The highest BCUT2D eigenvalue weighted by molar-refractivity contribution is 7.93. The molecule has 0 aliphatic carbocycles. The van der Waals surface area contributed by atoms with Gasteiger partial charge >= 0.3 is 0 Å². The van der Waals surface area contributed by atoms with Gasteiger partial charge in [-0.25, -0.2) is 0 Å². The molecule has 0 N–H and O–H groups in total. The predicted molar refractivity (Wildman–Crippen MR) is 86.5 cm³/mol. The monoisotopic (exact) mass is 213 g/mol. The molecule has 0 aromatic rings. The lowest BCUT2D eigenvalue weighted by atomic mass is 8.64. The molecule has 1 nitrogen and oxygen atoms in total. The van der Waals surface area contributed by atoms with E-state index in [-0.39, 0.29) is 6.39 Å². The zero-order valence-corrected chi connectivity index (χ0v) is 11.1. The van der Waals surface area contributed by atoms with Crippen molar-refractivity contribution in [3.8, 4) is 0 Å². The van der Waals surface area contributed by atoms with Gasteiger partial charge in [0, 0.05) is 77.7 Å². The van der Waals surface area contributed by atoms with Crippen LogP contribution in [0.5, 0.6) is 0 Å². The Balaban J connectivity index is 0. The Hall–Kier alpha value is 0.254. The van der Waals surface area contributed by atoms with E-state index in [9.17, 15) is 4.79 Å². The van der Waals surface area contributed by atoms with E-state index in [1.807, 2.05) is 6.92 Å². The molecule has 17 heavy (non-hydrogen) atoms. The van der Waals surface area contributed by atoms with Crippen molar-refractivity contribution >= 4 is 70.7 Å². The van der Waals surface area contributed by atoms with Crippen LogP contribution in [-0.2, 0) is 4.79 Å². The summed E-state index contributed by atoms with van der Waals surface area (Å²) in [5.41, 5.74) is 0. The number of carbonyl (C=O) groups excluding carboxylic acids is 1. The molecule has 0 saturated heterocycles. The number of hydrogen-bond acceptors (Lipinski definition) is 1. The van der Waals surface area contributed by atoms with Crippen LogP contribution in [0.15, 0.2) is 0 Å². The molecular formula is C7H14B9O. The quantitative estimate of drug-likeness (QED) is 0.493. The van der Waals surface area contributed by atoms with Crippen LogP contribution in [0.25, 0.3) is 0 Å². The van der Waals surface area contributed by atoms with Crippen molar-refractivity contribution in [2.75, 3.05) is 0 Å². The Morgan fingerprint density at radius 3 is 1.65 bits per heavy atom. The number of Topliss-reactive ketones (excluding diaryl/α,β-unsaturated/α-hetero) is 1. The normalized spacial score (nSPS) is 8.94. The molecule has 0 aliphatic rings. The van der Waals surface area contributed by atoms with Gasteiger partial charge in [0.25, 0.3) is 0 Å². The van der Waals surface area contributed by atoms with Crippen LogP contribution < -0.4 is 0 Å². The molecule has 0 aromatic carbocycles. The minimum Gasteiger partial charge on any atom is -0.300 e. The highest BCUT2D eigenvalue weighted by Crippen LogP contribution is 2.01. The zero-order chi connectivity index (χ0) is 14.0. The zero-order valence-electron chi connectivity index (χ0n) is 11.1. The first kappa shape index (κ1) is 19.6. The molecular weight excluding hydrogens is 197 g/mol. The standard InChI is InChI=1S/C7H14O.B9/c1-4-7(8)5-6(2)3;1-6-9(7(2)3)8(4)5/h6H,4-5H2,1-3H3;. The van der Waals surface area contributed by atoms with Crippen molar-refractivity contribution in [1.82, 2.24) is 0 Å². The van der Waals surface area contributed by atoms with Gasteiger partial charge in [0.15, 0.2) is 0 Å². The van der Waals surface area contributed by atoms with E-state index in [4.69, 9.17) is 38.7 Å². The van der Waals surface area contributed by atoms with Crippen molar-refractivity contribution in [3.63, 3.8) is 0 Å². The minimum atomic E-state index is -0.574. The summed E-state index contributed by atoms with van der Waals surface area (Å²) in [6, 6.07) is 0. The highest BCUT2D eigenvalue weighted by Gasteiger charge is 2.18.